The van der Waals surface area contributed by atoms with Gasteiger partial charge in [-0.3, -0.25) is 4.99 Å². The predicted molar refractivity (Wildman–Crippen MR) is 43.0 cm³/mol. The lowest BCUT2D eigenvalue weighted by molar-refractivity contribution is -0.0576. The number of alkyl halides is 3. The molecule has 66 valence electrons. The van der Waals surface area contributed by atoms with Crippen LogP contribution in [0.25, 0.3) is 0 Å². The molecule has 0 aliphatic heterocycles. The summed E-state index contributed by atoms with van der Waals surface area (Å²) in [5.74, 6) is 0. The van der Waals surface area contributed by atoms with Gasteiger partial charge in [0.25, 0.3) is 0 Å². The molecule has 0 rings (SSSR count). The molecular weight excluding hydrogens is 167 g/mol. The Morgan fingerprint density at radius 3 is 2.17 bits per heavy atom. The molecular formula is C8H8F3N. The molecule has 0 heterocycles. The Hall–Kier alpha value is -1.32. The zero-order chi connectivity index (χ0) is 9.61. The SMILES string of the molecule is C=C/C=C\C(=NC=C)C(F)(F)F. The minimum atomic E-state index is -4.44. The Labute approximate surface area is 68.6 Å². The van der Waals surface area contributed by atoms with Crippen LogP contribution in [-0.2, 0) is 0 Å². The van der Waals surface area contributed by atoms with Gasteiger partial charge < -0.3 is 0 Å². The van der Waals surface area contributed by atoms with Crippen LogP contribution < -0.4 is 0 Å². The maximum Gasteiger partial charge on any atom is 0.433 e. The summed E-state index contributed by atoms with van der Waals surface area (Å²) in [6.45, 7) is 6.31. The van der Waals surface area contributed by atoms with E-state index in [4.69, 9.17) is 0 Å². The van der Waals surface area contributed by atoms with Crippen molar-refractivity contribution in [3.63, 3.8) is 0 Å². The lowest BCUT2D eigenvalue weighted by atomic mass is 10.3. The molecule has 0 aliphatic rings. The van der Waals surface area contributed by atoms with Crippen molar-refractivity contribution in [1.82, 2.24) is 0 Å². The van der Waals surface area contributed by atoms with E-state index in [9.17, 15) is 13.2 Å². The highest BCUT2D eigenvalue weighted by Crippen LogP contribution is 2.18. The molecule has 0 saturated carbocycles. The number of hydrogen-bond donors (Lipinski definition) is 0. The molecule has 0 aromatic heterocycles. The lowest BCUT2D eigenvalue weighted by Crippen LogP contribution is -2.20. The van der Waals surface area contributed by atoms with Crippen LogP contribution in [0, 0.1) is 0 Å². The van der Waals surface area contributed by atoms with E-state index in [1.165, 1.54) is 6.08 Å². The van der Waals surface area contributed by atoms with E-state index in [-0.39, 0.29) is 0 Å². The van der Waals surface area contributed by atoms with E-state index in [0.29, 0.717) is 0 Å². The first-order valence-electron chi connectivity index (χ1n) is 3.07. The number of rotatable bonds is 3. The van der Waals surface area contributed by atoms with Gasteiger partial charge in [-0.25, -0.2) is 0 Å². The standard InChI is InChI=1S/C8H8F3N/c1-3-5-6-7(12-4-2)8(9,10)11/h3-6H,1-2H2/b6-5-,12-7?. The van der Waals surface area contributed by atoms with Crippen LogP contribution in [0.3, 0.4) is 0 Å². The molecule has 1 nitrogen and oxygen atoms in total. The molecule has 0 saturated heterocycles. The monoisotopic (exact) mass is 175 g/mol. The van der Waals surface area contributed by atoms with Gasteiger partial charge in [-0.2, -0.15) is 13.2 Å². The number of halogens is 3. The van der Waals surface area contributed by atoms with Crippen molar-refractivity contribution in [3.05, 3.63) is 37.6 Å². The van der Waals surface area contributed by atoms with Gasteiger partial charge in [-0.05, 0) is 6.08 Å². The van der Waals surface area contributed by atoms with E-state index in [1.807, 2.05) is 0 Å². The summed E-state index contributed by atoms with van der Waals surface area (Å²) >= 11 is 0. The van der Waals surface area contributed by atoms with E-state index in [1.54, 1.807) is 0 Å². The first-order chi connectivity index (χ1) is 5.52. The van der Waals surface area contributed by atoms with Crippen molar-refractivity contribution in [3.8, 4) is 0 Å². The molecule has 0 atom stereocenters. The quantitative estimate of drug-likeness (QED) is 0.462. The third-order valence-electron chi connectivity index (χ3n) is 0.911. The van der Waals surface area contributed by atoms with Crippen LogP contribution >= 0.6 is 0 Å². The Morgan fingerprint density at radius 1 is 1.25 bits per heavy atom. The second kappa shape index (κ2) is 4.54. The lowest BCUT2D eigenvalue weighted by Gasteiger charge is -2.03. The number of nitrogens with zero attached hydrogens (tertiary/aromatic N) is 1. The van der Waals surface area contributed by atoms with E-state index in [2.05, 4.69) is 18.2 Å². The molecule has 0 aromatic carbocycles. The Morgan fingerprint density at radius 2 is 1.83 bits per heavy atom. The zero-order valence-corrected chi connectivity index (χ0v) is 6.30. The average Bonchev–Trinajstić information content (AvgIpc) is 1.95. The summed E-state index contributed by atoms with van der Waals surface area (Å²) in [5, 5.41) is 0. The van der Waals surface area contributed by atoms with Gasteiger partial charge in [0.2, 0.25) is 0 Å². The Bertz CT molecular complexity index is 223. The first kappa shape index (κ1) is 10.7. The van der Waals surface area contributed by atoms with Crippen LogP contribution in [0.15, 0.2) is 42.6 Å². The van der Waals surface area contributed by atoms with Crippen molar-refractivity contribution in [2.24, 2.45) is 4.99 Å². The third kappa shape index (κ3) is 3.75. The second-order valence-corrected chi connectivity index (χ2v) is 1.79. The highest BCUT2D eigenvalue weighted by Gasteiger charge is 2.33. The summed E-state index contributed by atoms with van der Waals surface area (Å²) < 4.78 is 35.9. The van der Waals surface area contributed by atoms with Crippen molar-refractivity contribution in [1.29, 1.82) is 0 Å². The van der Waals surface area contributed by atoms with Gasteiger partial charge in [-0.15, -0.1) is 0 Å². The maximum absolute atomic E-state index is 12.0. The van der Waals surface area contributed by atoms with Crippen LogP contribution in [-0.4, -0.2) is 11.9 Å². The number of hydrogen-bond acceptors (Lipinski definition) is 1. The van der Waals surface area contributed by atoms with E-state index >= 15 is 0 Å². The fraction of sp³-hybridized carbons (Fsp3) is 0.125. The van der Waals surface area contributed by atoms with Crippen LogP contribution in [0.5, 0.6) is 0 Å². The van der Waals surface area contributed by atoms with Gasteiger partial charge in [0.1, 0.15) is 5.71 Å². The molecule has 0 fully saturated rings. The third-order valence-corrected chi connectivity index (χ3v) is 0.911. The van der Waals surface area contributed by atoms with Crippen molar-refractivity contribution in [2.45, 2.75) is 6.18 Å². The molecule has 0 N–H and O–H groups in total. The fourth-order valence-electron chi connectivity index (χ4n) is 0.468. The molecule has 0 bridgehead atoms. The topological polar surface area (TPSA) is 12.4 Å². The van der Waals surface area contributed by atoms with E-state index in [0.717, 1.165) is 18.4 Å². The van der Waals surface area contributed by atoms with Crippen molar-refractivity contribution >= 4 is 5.71 Å². The van der Waals surface area contributed by atoms with Gasteiger partial charge in [-0.1, -0.05) is 25.3 Å². The number of aliphatic imine (C=N–C) groups is 1. The minimum absolute atomic E-state index is 0.828. The summed E-state index contributed by atoms with van der Waals surface area (Å²) in [6.07, 6.45) is -0.362. The molecule has 0 spiro atoms. The largest absolute Gasteiger partial charge is 0.433 e. The van der Waals surface area contributed by atoms with E-state index < -0.39 is 11.9 Å². The molecule has 0 amide bonds. The maximum atomic E-state index is 12.0. The molecule has 4 heteroatoms. The fourth-order valence-corrected chi connectivity index (χ4v) is 0.468. The summed E-state index contributed by atoms with van der Waals surface area (Å²) in [6, 6.07) is 0. The van der Waals surface area contributed by atoms with Gasteiger partial charge >= 0.3 is 6.18 Å². The zero-order valence-electron chi connectivity index (χ0n) is 6.30. The van der Waals surface area contributed by atoms with Crippen LogP contribution in [0.1, 0.15) is 0 Å². The molecule has 0 aromatic rings. The first-order valence-corrected chi connectivity index (χ1v) is 3.07. The molecule has 0 radical (unpaired) electrons. The summed E-state index contributed by atoms with van der Waals surface area (Å²) in [4.78, 5) is 3.05. The molecule has 12 heavy (non-hydrogen) atoms. The highest BCUT2D eigenvalue weighted by molar-refractivity contribution is 5.99. The minimum Gasteiger partial charge on any atom is -0.252 e. The molecule has 0 aliphatic carbocycles. The average molecular weight is 175 g/mol. The van der Waals surface area contributed by atoms with Crippen LogP contribution in [0.4, 0.5) is 13.2 Å². The van der Waals surface area contributed by atoms with Crippen molar-refractivity contribution < 1.29 is 13.2 Å². The molecule has 0 unspecified atom stereocenters. The normalized spacial score (nSPS) is 13.4. The van der Waals surface area contributed by atoms with Crippen LogP contribution in [0.2, 0.25) is 0 Å². The highest BCUT2D eigenvalue weighted by atomic mass is 19.4. The second-order valence-electron chi connectivity index (χ2n) is 1.79. The van der Waals surface area contributed by atoms with Gasteiger partial charge in [0.15, 0.2) is 0 Å². The summed E-state index contributed by atoms with van der Waals surface area (Å²) in [5.41, 5.74) is -0.989. The summed E-state index contributed by atoms with van der Waals surface area (Å²) in [7, 11) is 0. The number of allylic oxidation sites excluding steroid dienone is 3. The van der Waals surface area contributed by atoms with Gasteiger partial charge in [0, 0.05) is 6.20 Å². The smallest absolute Gasteiger partial charge is 0.252 e. The predicted octanol–water partition coefficient (Wildman–Crippen LogP) is 2.88. The Balaban J connectivity index is 4.68. The van der Waals surface area contributed by atoms with Crippen molar-refractivity contribution in [2.75, 3.05) is 0 Å². The van der Waals surface area contributed by atoms with Gasteiger partial charge in [0.05, 0.1) is 0 Å². The Kier molecular flexibility index (Phi) is 4.04.